The lowest BCUT2D eigenvalue weighted by molar-refractivity contribution is -0.119. The van der Waals surface area contributed by atoms with Gasteiger partial charge in [-0.3, -0.25) is 4.79 Å². The first-order chi connectivity index (χ1) is 8.52. The number of nitrogens with zero attached hydrogens (tertiary/aromatic N) is 3. The topological polar surface area (TPSA) is 56.5 Å². The van der Waals surface area contributed by atoms with Crippen molar-refractivity contribution in [3.05, 3.63) is 29.3 Å². The third-order valence-corrected chi connectivity index (χ3v) is 3.02. The molecule has 18 heavy (non-hydrogen) atoms. The number of hydrogen-bond acceptors (Lipinski definition) is 3. The highest BCUT2D eigenvalue weighted by Crippen LogP contribution is 2.27. The van der Waals surface area contributed by atoms with Crippen LogP contribution in [-0.4, -0.2) is 11.6 Å². The second-order valence-electron chi connectivity index (χ2n) is 4.65. The number of nitriles is 1. The van der Waals surface area contributed by atoms with Gasteiger partial charge in [-0.2, -0.15) is 10.4 Å². The lowest BCUT2D eigenvalue weighted by Crippen LogP contribution is -2.26. The zero-order chi connectivity index (χ0) is 13.3. The van der Waals surface area contributed by atoms with E-state index >= 15 is 0 Å². The second-order valence-corrected chi connectivity index (χ2v) is 4.65. The summed E-state index contributed by atoms with van der Waals surface area (Å²) in [6, 6.07) is 7.94. The van der Waals surface area contributed by atoms with Gasteiger partial charge in [0.2, 0.25) is 0 Å². The van der Waals surface area contributed by atoms with Crippen LogP contribution in [0.3, 0.4) is 0 Å². The molecule has 0 aliphatic carbocycles. The summed E-state index contributed by atoms with van der Waals surface area (Å²) in [6.07, 6.45) is 0.190. The molecule has 0 saturated carbocycles. The minimum Gasteiger partial charge on any atom is -0.272 e. The van der Waals surface area contributed by atoms with Crippen molar-refractivity contribution in [1.29, 1.82) is 5.26 Å². The van der Waals surface area contributed by atoms with E-state index in [9.17, 15) is 4.79 Å². The standard InChI is InChI=1S/C14H15N3O/c1-9-6-10(2)8-12(7-9)17-14(18)13(4-5-15)11(3)16-17/h6-8,13H,4H2,1-3H3. The zero-order valence-corrected chi connectivity index (χ0v) is 10.8. The maximum Gasteiger partial charge on any atom is 0.257 e. The van der Waals surface area contributed by atoms with E-state index in [1.54, 1.807) is 6.92 Å². The molecular formula is C14H15N3O. The Bertz CT molecular complexity index is 549. The first-order valence-electron chi connectivity index (χ1n) is 5.87. The van der Waals surface area contributed by atoms with E-state index in [1.807, 2.05) is 38.1 Å². The lowest BCUT2D eigenvalue weighted by Gasteiger charge is -2.14. The van der Waals surface area contributed by atoms with Gasteiger partial charge in [0.1, 0.15) is 0 Å². The highest BCUT2D eigenvalue weighted by Gasteiger charge is 2.34. The third kappa shape index (κ3) is 2.12. The van der Waals surface area contributed by atoms with Crippen molar-refractivity contribution in [2.24, 2.45) is 11.0 Å². The van der Waals surface area contributed by atoms with Crippen molar-refractivity contribution in [1.82, 2.24) is 0 Å². The largest absolute Gasteiger partial charge is 0.272 e. The number of carbonyl (C=O) groups is 1. The van der Waals surface area contributed by atoms with Crippen molar-refractivity contribution >= 4 is 17.3 Å². The van der Waals surface area contributed by atoms with Gasteiger partial charge in [0, 0.05) is 5.71 Å². The molecule has 1 aromatic carbocycles. The highest BCUT2D eigenvalue weighted by molar-refractivity contribution is 6.14. The summed E-state index contributed by atoms with van der Waals surface area (Å²) in [5, 5.41) is 14.4. The van der Waals surface area contributed by atoms with Crippen LogP contribution in [0.15, 0.2) is 23.3 Å². The molecule has 1 atom stereocenters. The van der Waals surface area contributed by atoms with Crippen LogP contribution in [-0.2, 0) is 4.79 Å². The van der Waals surface area contributed by atoms with Crippen LogP contribution in [0.2, 0.25) is 0 Å². The molecule has 4 heteroatoms. The van der Waals surface area contributed by atoms with Crippen LogP contribution in [0.25, 0.3) is 0 Å². The fourth-order valence-electron chi connectivity index (χ4n) is 2.19. The molecule has 2 rings (SSSR count). The predicted octanol–water partition coefficient (Wildman–Crippen LogP) is 2.56. The predicted molar refractivity (Wildman–Crippen MR) is 70.2 cm³/mol. The van der Waals surface area contributed by atoms with E-state index in [2.05, 4.69) is 5.10 Å². The average molecular weight is 241 g/mol. The molecule has 1 heterocycles. The Hall–Kier alpha value is -2.15. The molecule has 1 aliphatic rings. The van der Waals surface area contributed by atoms with Gasteiger partial charge in [-0.1, -0.05) is 6.07 Å². The molecule has 92 valence electrons. The smallest absolute Gasteiger partial charge is 0.257 e. The van der Waals surface area contributed by atoms with Crippen LogP contribution in [0.5, 0.6) is 0 Å². The van der Waals surface area contributed by atoms with E-state index in [-0.39, 0.29) is 12.3 Å². The summed E-state index contributed by atoms with van der Waals surface area (Å²) < 4.78 is 0. The molecule has 1 amide bonds. The normalized spacial score (nSPS) is 18.8. The van der Waals surface area contributed by atoms with E-state index in [0.29, 0.717) is 5.71 Å². The van der Waals surface area contributed by atoms with Crippen LogP contribution in [0.1, 0.15) is 24.5 Å². The van der Waals surface area contributed by atoms with Gasteiger partial charge >= 0.3 is 0 Å². The monoisotopic (exact) mass is 241 g/mol. The summed E-state index contributed by atoms with van der Waals surface area (Å²) in [6.45, 7) is 5.77. The van der Waals surface area contributed by atoms with Gasteiger partial charge in [0.15, 0.2) is 0 Å². The number of aryl methyl sites for hydroxylation is 2. The number of hydrogen-bond donors (Lipinski definition) is 0. The maximum atomic E-state index is 12.2. The number of anilines is 1. The molecule has 0 spiro atoms. The molecule has 0 aromatic heterocycles. The summed E-state index contributed by atoms with van der Waals surface area (Å²) >= 11 is 0. The summed E-state index contributed by atoms with van der Waals surface area (Å²) in [4.78, 5) is 12.2. The Labute approximate surface area is 107 Å². The quantitative estimate of drug-likeness (QED) is 0.799. The first-order valence-corrected chi connectivity index (χ1v) is 5.87. The van der Waals surface area contributed by atoms with E-state index in [0.717, 1.165) is 16.8 Å². The van der Waals surface area contributed by atoms with Crippen LogP contribution in [0, 0.1) is 31.1 Å². The lowest BCUT2D eigenvalue weighted by atomic mass is 10.0. The molecule has 1 aromatic rings. The number of carbonyl (C=O) groups excluding carboxylic acids is 1. The molecule has 0 fully saturated rings. The molecule has 4 nitrogen and oxygen atoms in total. The summed E-state index contributed by atoms with van der Waals surface area (Å²) in [7, 11) is 0. The maximum absolute atomic E-state index is 12.2. The van der Waals surface area contributed by atoms with E-state index in [4.69, 9.17) is 5.26 Å². The van der Waals surface area contributed by atoms with Gasteiger partial charge < -0.3 is 0 Å². The van der Waals surface area contributed by atoms with Crippen LogP contribution in [0.4, 0.5) is 5.69 Å². The number of hydrazone groups is 1. The van der Waals surface area contributed by atoms with Crippen molar-refractivity contribution in [3.8, 4) is 6.07 Å². The molecular weight excluding hydrogens is 226 g/mol. The molecule has 0 radical (unpaired) electrons. The fraction of sp³-hybridized carbons (Fsp3) is 0.357. The van der Waals surface area contributed by atoms with Gasteiger partial charge in [-0.05, 0) is 44.0 Å². The Morgan fingerprint density at radius 1 is 1.28 bits per heavy atom. The Morgan fingerprint density at radius 3 is 2.44 bits per heavy atom. The fourth-order valence-corrected chi connectivity index (χ4v) is 2.19. The molecule has 0 N–H and O–H groups in total. The Kier molecular flexibility index (Phi) is 3.15. The second kappa shape index (κ2) is 4.61. The van der Waals surface area contributed by atoms with Gasteiger partial charge in [-0.25, -0.2) is 5.01 Å². The molecule has 0 bridgehead atoms. The summed E-state index contributed by atoms with van der Waals surface area (Å²) in [5.41, 5.74) is 3.67. The Balaban J connectivity index is 2.36. The van der Waals surface area contributed by atoms with Crippen LogP contribution < -0.4 is 5.01 Å². The number of amides is 1. The Morgan fingerprint density at radius 2 is 1.89 bits per heavy atom. The highest BCUT2D eigenvalue weighted by atomic mass is 16.2. The zero-order valence-electron chi connectivity index (χ0n) is 10.8. The van der Waals surface area contributed by atoms with Crippen molar-refractivity contribution in [2.75, 3.05) is 5.01 Å². The average Bonchev–Trinajstić information content (AvgIpc) is 2.56. The minimum atomic E-state index is -0.393. The molecule has 1 unspecified atom stereocenters. The minimum absolute atomic E-state index is 0.112. The van der Waals surface area contributed by atoms with Crippen molar-refractivity contribution < 1.29 is 4.79 Å². The molecule has 1 aliphatic heterocycles. The van der Waals surface area contributed by atoms with Crippen molar-refractivity contribution in [2.45, 2.75) is 27.2 Å². The van der Waals surface area contributed by atoms with Gasteiger partial charge in [-0.15, -0.1) is 0 Å². The summed E-state index contributed by atoms with van der Waals surface area (Å²) in [5.74, 6) is -0.505. The van der Waals surface area contributed by atoms with Crippen LogP contribution >= 0.6 is 0 Å². The molecule has 0 saturated heterocycles. The van der Waals surface area contributed by atoms with E-state index < -0.39 is 5.92 Å². The number of rotatable bonds is 2. The SMILES string of the molecule is CC1=NN(c2cc(C)cc(C)c2)C(=O)C1CC#N. The van der Waals surface area contributed by atoms with E-state index in [1.165, 1.54) is 5.01 Å². The van der Waals surface area contributed by atoms with Crippen molar-refractivity contribution in [3.63, 3.8) is 0 Å². The van der Waals surface area contributed by atoms with Gasteiger partial charge in [0.25, 0.3) is 5.91 Å². The first kappa shape index (κ1) is 12.3. The number of benzene rings is 1. The third-order valence-electron chi connectivity index (χ3n) is 3.02. The van der Waals surface area contributed by atoms with Gasteiger partial charge in [0.05, 0.1) is 24.1 Å².